The van der Waals surface area contributed by atoms with Crippen molar-refractivity contribution in [2.75, 3.05) is 24.6 Å². The minimum atomic E-state index is -2.97. The average Bonchev–Trinajstić information content (AvgIpc) is 2.83. The summed E-state index contributed by atoms with van der Waals surface area (Å²) in [5, 5.41) is 3.74. The Bertz CT molecular complexity index is 661. The number of nitrogens with one attached hydrogen (secondary N) is 1. The van der Waals surface area contributed by atoms with Crippen molar-refractivity contribution < 1.29 is 13.2 Å². The summed E-state index contributed by atoms with van der Waals surface area (Å²) in [5.41, 5.74) is 2.17. The molecule has 7 heteroatoms. The van der Waals surface area contributed by atoms with E-state index in [9.17, 15) is 13.2 Å². The third kappa shape index (κ3) is 3.01. The molecule has 0 spiro atoms. The van der Waals surface area contributed by atoms with Gasteiger partial charge in [-0.3, -0.25) is 0 Å². The number of carbonyl (C=O) groups excluding carboxylic acids is 1. The van der Waals surface area contributed by atoms with E-state index in [4.69, 9.17) is 11.6 Å². The molecule has 1 atom stereocenters. The van der Waals surface area contributed by atoms with E-state index in [1.54, 1.807) is 4.90 Å². The molecule has 1 aromatic carbocycles. The highest BCUT2D eigenvalue weighted by atomic mass is 35.5. The molecule has 114 valence electrons. The van der Waals surface area contributed by atoms with Crippen molar-refractivity contribution in [1.29, 1.82) is 0 Å². The first-order chi connectivity index (χ1) is 9.96. The van der Waals surface area contributed by atoms with Gasteiger partial charge < -0.3 is 10.2 Å². The maximum atomic E-state index is 12.2. The van der Waals surface area contributed by atoms with E-state index >= 15 is 0 Å². The van der Waals surface area contributed by atoms with Crippen molar-refractivity contribution in [1.82, 2.24) is 10.2 Å². The standard InChI is InChI=1S/C14H17ClN2O3S/c15-12-3-1-2-11-10(12)4-5-13(11)16-14(18)17-6-8-21(19,20)9-7-17/h1-3,13H,4-9H2,(H,16,18). The van der Waals surface area contributed by atoms with Crippen LogP contribution in [0.2, 0.25) is 5.02 Å². The summed E-state index contributed by atoms with van der Waals surface area (Å²) in [6.07, 6.45) is 1.69. The second kappa shape index (κ2) is 5.50. The van der Waals surface area contributed by atoms with Crippen LogP contribution >= 0.6 is 11.6 Å². The monoisotopic (exact) mass is 328 g/mol. The number of amides is 2. The Balaban J connectivity index is 1.66. The zero-order chi connectivity index (χ0) is 15.0. The van der Waals surface area contributed by atoms with E-state index in [2.05, 4.69) is 5.32 Å². The summed E-state index contributed by atoms with van der Waals surface area (Å²) in [6, 6.07) is 5.51. The van der Waals surface area contributed by atoms with Gasteiger partial charge in [0.05, 0.1) is 17.5 Å². The summed E-state index contributed by atoms with van der Waals surface area (Å²) in [4.78, 5) is 13.8. The van der Waals surface area contributed by atoms with Crippen LogP contribution in [0.3, 0.4) is 0 Å². The predicted octanol–water partition coefficient (Wildman–Crippen LogP) is 1.77. The van der Waals surface area contributed by atoms with Crippen LogP contribution in [0.15, 0.2) is 18.2 Å². The quantitative estimate of drug-likeness (QED) is 0.854. The molecule has 0 radical (unpaired) electrons. The molecule has 1 aliphatic heterocycles. The first-order valence-corrected chi connectivity index (χ1v) is 9.19. The van der Waals surface area contributed by atoms with Gasteiger partial charge in [-0.25, -0.2) is 13.2 Å². The van der Waals surface area contributed by atoms with E-state index in [0.29, 0.717) is 0 Å². The van der Waals surface area contributed by atoms with Gasteiger partial charge in [0.1, 0.15) is 0 Å². The molecule has 2 aliphatic rings. The minimum absolute atomic E-state index is 0.0373. The lowest BCUT2D eigenvalue weighted by molar-refractivity contribution is 0.198. The Labute approximate surface area is 129 Å². The lowest BCUT2D eigenvalue weighted by atomic mass is 10.1. The van der Waals surface area contributed by atoms with Crippen LogP contribution in [0.1, 0.15) is 23.6 Å². The van der Waals surface area contributed by atoms with Crippen LogP contribution in [-0.4, -0.2) is 43.9 Å². The summed E-state index contributed by atoms with van der Waals surface area (Å²) in [6.45, 7) is 0.534. The smallest absolute Gasteiger partial charge is 0.317 e. The molecule has 2 amide bonds. The maximum Gasteiger partial charge on any atom is 0.317 e. The second-order valence-corrected chi connectivity index (χ2v) is 8.20. The molecule has 1 fully saturated rings. The van der Waals surface area contributed by atoms with Crippen LogP contribution in [0.4, 0.5) is 4.79 Å². The van der Waals surface area contributed by atoms with E-state index < -0.39 is 9.84 Å². The molecular weight excluding hydrogens is 312 g/mol. The molecule has 3 rings (SSSR count). The van der Waals surface area contributed by atoms with Gasteiger partial charge in [0, 0.05) is 18.1 Å². The largest absolute Gasteiger partial charge is 0.331 e. The number of halogens is 1. The summed E-state index contributed by atoms with van der Waals surface area (Å²) >= 11 is 6.16. The van der Waals surface area contributed by atoms with Gasteiger partial charge in [-0.1, -0.05) is 23.7 Å². The van der Waals surface area contributed by atoms with E-state index in [-0.39, 0.29) is 36.7 Å². The van der Waals surface area contributed by atoms with Gasteiger partial charge in [-0.2, -0.15) is 0 Å². The van der Waals surface area contributed by atoms with Crippen LogP contribution in [-0.2, 0) is 16.3 Å². The van der Waals surface area contributed by atoms with Crippen molar-refractivity contribution in [3.05, 3.63) is 34.3 Å². The molecule has 1 aromatic rings. The van der Waals surface area contributed by atoms with E-state index in [0.717, 1.165) is 29.0 Å². The highest BCUT2D eigenvalue weighted by Crippen LogP contribution is 2.35. The number of benzene rings is 1. The first-order valence-electron chi connectivity index (χ1n) is 6.99. The molecule has 0 aromatic heterocycles. The van der Waals surface area contributed by atoms with Gasteiger partial charge in [0.25, 0.3) is 0 Å². The summed E-state index contributed by atoms with van der Waals surface area (Å²) in [7, 11) is -2.97. The van der Waals surface area contributed by atoms with Crippen LogP contribution in [0.5, 0.6) is 0 Å². The van der Waals surface area contributed by atoms with Crippen LogP contribution in [0.25, 0.3) is 0 Å². The normalized spacial score (nSPS) is 23.7. The topological polar surface area (TPSA) is 66.5 Å². The lowest BCUT2D eigenvalue weighted by Gasteiger charge is -2.28. The molecule has 21 heavy (non-hydrogen) atoms. The fourth-order valence-electron chi connectivity index (χ4n) is 2.92. The fourth-order valence-corrected chi connectivity index (χ4v) is 4.39. The highest BCUT2D eigenvalue weighted by Gasteiger charge is 2.29. The maximum absolute atomic E-state index is 12.2. The molecule has 1 unspecified atom stereocenters. The summed E-state index contributed by atoms with van der Waals surface area (Å²) in [5.74, 6) is 0.0982. The van der Waals surface area contributed by atoms with Crippen LogP contribution < -0.4 is 5.32 Å². The summed E-state index contributed by atoms with van der Waals surface area (Å²) < 4.78 is 22.8. The number of sulfone groups is 1. The molecule has 0 bridgehead atoms. The molecule has 1 aliphatic carbocycles. The highest BCUT2D eigenvalue weighted by molar-refractivity contribution is 7.91. The average molecular weight is 329 g/mol. The fraction of sp³-hybridized carbons (Fsp3) is 0.500. The van der Waals surface area contributed by atoms with Gasteiger partial charge in [-0.05, 0) is 30.0 Å². The predicted molar refractivity (Wildman–Crippen MR) is 81.3 cm³/mol. The minimum Gasteiger partial charge on any atom is -0.331 e. The number of hydrogen-bond acceptors (Lipinski definition) is 3. The van der Waals surface area contributed by atoms with Gasteiger partial charge in [0.15, 0.2) is 9.84 Å². The number of fused-ring (bicyclic) bond motifs is 1. The molecule has 1 N–H and O–H groups in total. The van der Waals surface area contributed by atoms with Crippen molar-refractivity contribution in [3.63, 3.8) is 0 Å². The third-order valence-corrected chi connectivity index (χ3v) is 6.11. The van der Waals surface area contributed by atoms with Gasteiger partial charge in [-0.15, -0.1) is 0 Å². The molecule has 0 saturated carbocycles. The van der Waals surface area contributed by atoms with Gasteiger partial charge >= 0.3 is 6.03 Å². The zero-order valence-corrected chi connectivity index (χ0v) is 13.1. The van der Waals surface area contributed by atoms with E-state index in [1.165, 1.54) is 0 Å². The Morgan fingerprint density at radius 1 is 1.29 bits per heavy atom. The Kier molecular flexibility index (Phi) is 3.84. The molecular formula is C14H17ClN2O3S. The van der Waals surface area contributed by atoms with Crippen molar-refractivity contribution in [2.45, 2.75) is 18.9 Å². The third-order valence-electron chi connectivity index (χ3n) is 4.14. The van der Waals surface area contributed by atoms with Crippen molar-refractivity contribution in [2.24, 2.45) is 0 Å². The van der Waals surface area contributed by atoms with Crippen molar-refractivity contribution >= 4 is 27.5 Å². The van der Waals surface area contributed by atoms with Gasteiger partial charge in [0.2, 0.25) is 0 Å². The Morgan fingerprint density at radius 3 is 2.71 bits per heavy atom. The number of rotatable bonds is 1. The second-order valence-electron chi connectivity index (χ2n) is 5.49. The first kappa shape index (κ1) is 14.7. The van der Waals surface area contributed by atoms with E-state index in [1.807, 2.05) is 18.2 Å². The SMILES string of the molecule is O=C(NC1CCc2c(Cl)cccc21)N1CCS(=O)(=O)CC1. The number of urea groups is 1. The van der Waals surface area contributed by atoms with Crippen molar-refractivity contribution in [3.8, 4) is 0 Å². The number of hydrogen-bond donors (Lipinski definition) is 1. The van der Waals surface area contributed by atoms with Crippen LogP contribution in [0, 0.1) is 0 Å². The number of nitrogens with zero attached hydrogens (tertiary/aromatic N) is 1. The molecule has 5 nitrogen and oxygen atoms in total. The Hall–Kier alpha value is -1.27. The lowest BCUT2D eigenvalue weighted by Crippen LogP contribution is -2.48. The zero-order valence-electron chi connectivity index (χ0n) is 11.5. The Morgan fingerprint density at radius 2 is 2.00 bits per heavy atom. The number of carbonyl (C=O) groups is 1. The molecule has 1 heterocycles. The molecule has 1 saturated heterocycles.